The van der Waals surface area contributed by atoms with Gasteiger partial charge in [-0.05, 0) is 38.2 Å². The number of carbonyl (C=O) groups excluding carboxylic acids is 1. The molecule has 0 spiro atoms. The average molecular weight is 395 g/mol. The van der Waals surface area contributed by atoms with Crippen LogP contribution in [0.15, 0.2) is 36.1 Å². The number of aliphatic hydroxyl groups is 2. The molecule has 0 radical (unpaired) electrons. The number of carbonyl (C=O) groups is 1. The Morgan fingerprint density at radius 1 is 1.11 bits per heavy atom. The van der Waals surface area contributed by atoms with Gasteiger partial charge < -0.3 is 19.7 Å². The first kappa shape index (κ1) is 24.4. The first-order valence-corrected chi connectivity index (χ1v) is 10.8. The molecular formula is C23H38O5. The van der Waals surface area contributed by atoms with Gasteiger partial charge in [-0.25, -0.2) is 4.79 Å². The van der Waals surface area contributed by atoms with Crippen LogP contribution in [0.25, 0.3) is 0 Å². The van der Waals surface area contributed by atoms with Gasteiger partial charge in [-0.15, -0.1) is 0 Å². The maximum atomic E-state index is 12.4. The molecule has 0 saturated carbocycles. The summed E-state index contributed by atoms with van der Waals surface area (Å²) in [5.41, 5.74) is 0. The van der Waals surface area contributed by atoms with Crippen molar-refractivity contribution in [2.45, 2.75) is 89.8 Å². The van der Waals surface area contributed by atoms with Gasteiger partial charge in [-0.2, -0.15) is 0 Å². The van der Waals surface area contributed by atoms with Crippen LogP contribution in [-0.4, -0.2) is 41.6 Å². The summed E-state index contributed by atoms with van der Waals surface area (Å²) in [5.74, 6) is -0.517. The molecule has 2 N–H and O–H groups in total. The Bertz CT molecular complexity index is 491. The lowest BCUT2D eigenvalue weighted by Crippen LogP contribution is -2.28. The van der Waals surface area contributed by atoms with Crippen molar-refractivity contribution in [1.29, 1.82) is 0 Å². The summed E-state index contributed by atoms with van der Waals surface area (Å²) in [4.78, 5) is 12.4. The summed E-state index contributed by atoms with van der Waals surface area (Å²) >= 11 is 0. The number of rotatable bonds is 12. The van der Waals surface area contributed by atoms with Crippen molar-refractivity contribution in [3.8, 4) is 0 Å². The number of ether oxygens (including phenoxy) is 2. The topological polar surface area (TPSA) is 76.0 Å². The van der Waals surface area contributed by atoms with Crippen LogP contribution in [-0.2, 0) is 14.3 Å². The Kier molecular flexibility index (Phi) is 14.3. The van der Waals surface area contributed by atoms with Gasteiger partial charge in [0.1, 0.15) is 6.10 Å². The third-order valence-electron chi connectivity index (χ3n) is 4.81. The van der Waals surface area contributed by atoms with Crippen LogP contribution in [0.1, 0.15) is 77.6 Å². The van der Waals surface area contributed by atoms with Crippen molar-refractivity contribution >= 4 is 5.97 Å². The molecule has 1 unspecified atom stereocenters. The summed E-state index contributed by atoms with van der Waals surface area (Å²) in [7, 11) is 0. The zero-order valence-corrected chi connectivity index (χ0v) is 17.4. The zero-order valence-electron chi connectivity index (χ0n) is 17.4. The highest BCUT2D eigenvalue weighted by molar-refractivity contribution is 5.86. The predicted molar refractivity (Wildman–Crippen MR) is 112 cm³/mol. The van der Waals surface area contributed by atoms with Crippen molar-refractivity contribution < 1.29 is 24.5 Å². The van der Waals surface area contributed by atoms with Crippen LogP contribution in [0.4, 0.5) is 0 Å². The lowest BCUT2D eigenvalue weighted by molar-refractivity contribution is -0.154. The van der Waals surface area contributed by atoms with Crippen LogP contribution in [0.5, 0.6) is 0 Å². The first-order valence-electron chi connectivity index (χ1n) is 10.8. The van der Waals surface area contributed by atoms with Gasteiger partial charge in [0.2, 0.25) is 5.76 Å². The molecule has 0 aliphatic carbocycles. The highest BCUT2D eigenvalue weighted by atomic mass is 16.6. The van der Waals surface area contributed by atoms with Crippen LogP contribution < -0.4 is 0 Å². The van der Waals surface area contributed by atoms with E-state index in [9.17, 15) is 4.79 Å². The Morgan fingerprint density at radius 2 is 1.82 bits per heavy atom. The minimum Gasteiger partial charge on any atom is -0.483 e. The Balaban J connectivity index is 2.61. The molecule has 1 heterocycles. The second kappa shape index (κ2) is 16.4. The molecule has 0 aromatic rings. The van der Waals surface area contributed by atoms with E-state index in [1.54, 1.807) is 12.2 Å². The van der Waals surface area contributed by atoms with Crippen molar-refractivity contribution in [2.24, 2.45) is 0 Å². The average Bonchev–Trinajstić information content (AvgIpc) is 2.76. The summed E-state index contributed by atoms with van der Waals surface area (Å²) in [6.45, 7) is 1.38. The monoisotopic (exact) mass is 394 g/mol. The van der Waals surface area contributed by atoms with Gasteiger partial charge in [-0.1, -0.05) is 69.8 Å². The Labute approximate surface area is 170 Å². The maximum absolute atomic E-state index is 12.4. The highest BCUT2D eigenvalue weighted by Crippen LogP contribution is 2.20. The SMILES string of the molecule is CCCCCCCCCC1CCCC=CC=CC=C(C(=O)OC(CO)CO)O1. The van der Waals surface area contributed by atoms with Gasteiger partial charge in [0, 0.05) is 0 Å². The van der Waals surface area contributed by atoms with Gasteiger partial charge in [0.25, 0.3) is 0 Å². The quantitative estimate of drug-likeness (QED) is 0.374. The molecule has 5 heteroatoms. The van der Waals surface area contributed by atoms with Crippen molar-refractivity contribution in [3.63, 3.8) is 0 Å². The molecule has 28 heavy (non-hydrogen) atoms. The van der Waals surface area contributed by atoms with E-state index in [1.165, 1.54) is 38.5 Å². The standard InChI is InChI=1S/C23H38O5/c1-2-3-4-5-6-9-12-15-20-16-13-10-7-8-11-14-17-22(27-20)23(26)28-21(18-24)19-25/h7-8,11,14,17,20-21,24-25H,2-6,9-10,12-13,15-16,18-19H2,1H3. The number of aliphatic hydroxyl groups excluding tert-OH is 2. The number of hydrogen-bond acceptors (Lipinski definition) is 5. The van der Waals surface area contributed by atoms with Gasteiger partial charge in [-0.3, -0.25) is 0 Å². The first-order chi connectivity index (χ1) is 13.7. The van der Waals surface area contributed by atoms with Gasteiger partial charge >= 0.3 is 5.97 Å². The zero-order chi connectivity index (χ0) is 20.5. The molecule has 0 bridgehead atoms. The Hall–Kier alpha value is -1.59. The highest BCUT2D eigenvalue weighted by Gasteiger charge is 2.21. The van der Waals surface area contributed by atoms with Crippen LogP contribution in [0, 0.1) is 0 Å². The minimum absolute atomic E-state index is 0.0314. The molecule has 0 saturated heterocycles. The molecule has 1 rings (SSSR count). The summed E-state index contributed by atoms with van der Waals surface area (Å²) in [6, 6.07) is 0. The third kappa shape index (κ3) is 11.3. The fourth-order valence-corrected chi connectivity index (χ4v) is 3.11. The number of hydrogen-bond donors (Lipinski definition) is 2. The number of esters is 1. The van der Waals surface area contributed by atoms with E-state index in [0.29, 0.717) is 0 Å². The Morgan fingerprint density at radius 3 is 2.54 bits per heavy atom. The molecular weight excluding hydrogens is 356 g/mol. The van der Waals surface area contributed by atoms with Gasteiger partial charge in [0.05, 0.1) is 19.3 Å². The van der Waals surface area contributed by atoms with Crippen molar-refractivity contribution in [1.82, 2.24) is 0 Å². The van der Waals surface area contributed by atoms with E-state index in [2.05, 4.69) is 13.0 Å². The van der Waals surface area contributed by atoms with Crippen molar-refractivity contribution in [2.75, 3.05) is 13.2 Å². The van der Waals surface area contributed by atoms with Crippen molar-refractivity contribution in [3.05, 3.63) is 36.1 Å². The van der Waals surface area contributed by atoms with E-state index in [0.717, 1.165) is 32.1 Å². The van der Waals surface area contributed by atoms with E-state index in [1.807, 2.05) is 12.2 Å². The number of unbranched alkanes of at least 4 members (excludes halogenated alkanes) is 6. The lowest BCUT2D eigenvalue weighted by Gasteiger charge is -2.21. The van der Waals surface area contributed by atoms with E-state index >= 15 is 0 Å². The van der Waals surface area contributed by atoms with E-state index in [4.69, 9.17) is 19.7 Å². The molecule has 0 aromatic carbocycles. The second-order valence-corrected chi connectivity index (χ2v) is 7.32. The fraction of sp³-hybridized carbons (Fsp3) is 0.696. The molecule has 5 nitrogen and oxygen atoms in total. The summed E-state index contributed by atoms with van der Waals surface area (Å²) < 4.78 is 11.2. The largest absolute Gasteiger partial charge is 0.483 e. The lowest BCUT2D eigenvalue weighted by atomic mass is 10.0. The molecule has 0 aromatic heterocycles. The smallest absolute Gasteiger partial charge is 0.374 e. The molecule has 1 aliphatic heterocycles. The molecule has 160 valence electrons. The molecule has 1 aliphatic rings. The van der Waals surface area contributed by atoms with Crippen LogP contribution in [0.2, 0.25) is 0 Å². The fourth-order valence-electron chi connectivity index (χ4n) is 3.11. The molecule has 0 amide bonds. The molecule has 0 fully saturated rings. The van der Waals surface area contributed by atoms with E-state index in [-0.39, 0.29) is 11.9 Å². The van der Waals surface area contributed by atoms with Crippen LogP contribution >= 0.6 is 0 Å². The van der Waals surface area contributed by atoms with E-state index < -0.39 is 25.3 Å². The maximum Gasteiger partial charge on any atom is 0.374 e. The second-order valence-electron chi connectivity index (χ2n) is 7.32. The normalized spacial score (nSPS) is 17.7. The van der Waals surface area contributed by atoms with Crippen LogP contribution in [0.3, 0.4) is 0 Å². The number of allylic oxidation sites excluding steroid dienone is 5. The minimum atomic E-state index is -0.930. The summed E-state index contributed by atoms with van der Waals surface area (Å²) in [5, 5.41) is 18.3. The predicted octanol–water partition coefficient (Wildman–Crippen LogP) is 4.59. The summed E-state index contributed by atoms with van der Waals surface area (Å²) in [6.07, 6.45) is 20.8. The molecule has 1 atom stereocenters. The van der Waals surface area contributed by atoms with Gasteiger partial charge in [0.15, 0.2) is 0 Å². The third-order valence-corrected chi connectivity index (χ3v) is 4.81.